The van der Waals surface area contributed by atoms with E-state index in [4.69, 9.17) is 24.5 Å². The average Bonchev–Trinajstić information content (AvgIpc) is 2.73. The van der Waals surface area contributed by atoms with E-state index in [1.54, 1.807) is 6.08 Å². The van der Waals surface area contributed by atoms with Crippen molar-refractivity contribution in [3.05, 3.63) is 23.1 Å². The Morgan fingerprint density at radius 1 is 1.40 bits per heavy atom. The lowest BCUT2D eigenvalue weighted by Gasteiger charge is -2.40. The van der Waals surface area contributed by atoms with Crippen molar-refractivity contribution in [2.45, 2.75) is 51.2 Å². The summed E-state index contributed by atoms with van der Waals surface area (Å²) in [5.74, 6) is -0.654. The van der Waals surface area contributed by atoms with Crippen molar-refractivity contribution in [1.82, 2.24) is 0 Å². The van der Waals surface area contributed by atoms with E-state index in [9.17, 15) is 0 Å². The molecule has 20 heavy (non-hydrogen) atoms. The van der Waals surface area contributed by atoms with Crippen molar-refractivity contribution in [2.75, 3.05) is 13.2 Å². The predicted octanol–water partition coefficient (Wildman–Crippen LogP) is 2.38. The smallest absolute Gasteiger partial charge is 0.163 e. The Morgan fingerprint density at radius 2 is 2.10 bits per heavy atom. The van der Waals surface area contributed by atoms with Crippen LogP contribution in [0.3, 0.4) is 0 Å². The minimum Gasteiger partial charge on any atom is -0.348 e. The standard InChI is InChI=1S/C13H21N3O4/c1-5-6-17-12-8(2)10-11(20-13(3,4)19-10)9(18-12)7-15-16-14/h5,8-12H,1,6-7H2,2-4H3. The van der Waals surface area contributed by atoms with E-state index in [0.29, 0.717) is 6.61 Å². The lowest BCUT2D eigenvalue weighted by molar-refractivity contribution is -0.250. The van der Waals surface area contributed by atoms with Gasteiger partial charge in [-0.05, 0) is 19.4 Å². The van der Waals surface area contributed by atoms with Gasteiger partial charge in [-0.2, -0.15) is 0 Å². The number of azide groups is 1. The summed E-state index contributed by atoms with van der Waals surface area (Å²) in [6.45, 7) is 9.94. The SMILES string of the molecule is C=CCOC1OC(CN=[N+]=[N-])C2OC(C)(C)OC2C1C. The second kappa shape index (κ2) is 6.11. The third-order valence-electron chi connectivity index (χ3n) is 3.49. The largest absolute Gasteiger partial charge is 0.348 e. The summed E-state index contributed by atoms with van der Waals surface area (Å²) in [7, 11) is 0. The predicted molar refractivity (Wildman–Crippen MR) is 71.8 cm³/mol. The Bertz CT molecular complexity index is 408. The van der Waals surface area contributed by atoms with Gasteiger partial charge in [-0.1, -0.05) is 18.1 Å². The first-order valence-corrected chi connectivity index (χ1v) is 6.73. The van der Waals surface area contributed by atoms with Crippen LogP contribution in [0.5, 0.6) is 0 Å². The molecular weight excluding hydrogens is 262 g/mol. The maximum atomic E-state index is 8.49. The van der Waals surface area contributed by atoms with Gasteiger partial charge in [-0.15, -0.1) is 6.58 Å². The second-order valence-electron chi connectivity index (χ2n) is 5.50. The molecule has 2 fully saturated rings. The number of rotatable bonds is 5. The maximum absolute atomic E-state index is 8.49. The van der Waals surface area contributed by atoms with Crippen molar-refractivity contribution in [3.8, 4) is 0 Å². The van der Waals surface area contributed by atoms with Gasteiger partial charge in [0.15, 0.2) is 12.1 Å². The topological polar surface area (TPSA) is 85.7 Å². The zero-order chi connectivity index (χ0) is 14.8. The van der Waals surface area contributed by atoms with Crippen molar-refractivity contribution < 1.29 is 18.9 Å². The lowest BCUT2D eigenvalue weighted by atomic mass is 9.92. The summed E-state index contributed by atoms with van der Waals surface area (Å²) < 4.78 is 23.3. The van der Waals surface area contributed by atoms with Crippen molar-refractivity contribution in [2.24, 2.45) is 11.0 Å². The Hall–Kier alpha value is -1.11. The van der Waals surface area contributed by atoms with Crippen LogP contribution in [0, 0.1) is 5.92 Å². The van der Waals surface area contributed by atoms with Crippen LogP contribution in [0.1, 0.15) is 20.8 Å². The highest BCUT2D eigenvalue weighted by Gasteiger charge is 2.53. The highest BCUT2D eigenvalue weighted by Crippen LogP contribution is 2.40. The quantitative estimate of drug-likeness (QED) is 0.335. The lowest BCUT2D eigenvalue weighted by Crippen LogP contribution is -2.53. The Labute approximate surface area is 118 Å². The van der Waals surface area contributed by atoms with Crippen LogP contribution in [0.4, 0.5) is 0 Å². The molecule has 112 valence electrons. The van der Waals surface area contributed by atoms with Gasteiger partial charge in [0, 0.05) is 10.8 Å². The summed E-state index contributed by atoms with van der Waals surface area (Å²) in [6.07, 6.45) is 0.469. The van der Waals surface area contributed by atoms with Gasteiger partial charge in [0.25, 0.3) is 0 Å². The summed E-state index contributed by atoms with van der Waals surface area (Å²) in [5, 5.41) is 3.59. The van der Waals surface area contributed by atoms with Gasteiger partial charge < -0.3 is 18.9 Å². The van der Waals surface area contributed by atoms with Crippen LogP contribution in [0.15, 0.2) is 17.8 Å². The first kappa shape index (κ1) is 15.3. The zero-order valence-corrected chi connectivity index (χ0v) is 12.1. The van der Waals surface area contributed by atoms with E-state index in [2.05, 4.69) is 16.6 Å². The number of fused-ring (bicyclic) bond motifs is 1. The molecule has 0 aliphatic carbocycles. The summed E-state index contributed by atoms with van der Waals surface area (Å²) >= 11 is 0. The molecular formula is C13H21N3O4. The number of hydrogen-bond donors (Lipinski definition) is 0. The molecule has 2 rings (SSSR count). The maximum Gasteiger partial charge on any atom is 0.163 e. The first-order valence-electron chi connectivity index (χ1n) is 6.73. The molecule has 7 nitrogen and oxygen atoms in total. The van der Waals surface area contributed by atoms with Crippen molar-refractivity contribution >= 4 is 0 Å². The van der Waals surface area contributed by atoms with E-state index in [-0.39, 0.29) is 30.8 Å². The molecule has 0 aromatic heterocycles. The molecule has 0 amide bonds. The molecule has 2 aliphatic rings. The third kappa shape index (κ3) is 3.13. The minimum absolute atomic E-state index is 0.0176. The highest BCUT2D eigenvalue weighted by molar-refractivity contribution is 4.96. The zero-order valence-electron chi connectivity index (χ0n) is 12.1. The third-order valence-corrected chi connectivity index (χ3v) is 3.49. The second-order valence-corrected chi connectivity index (χ2v) is 5.50. The summed E-state index contributed by atoms with van der Waals surface area (Å²) in [4.78, 5) is 2.78. The van der Waals surface area contributed by atoms with Crippen LogP contribution in [0.25, 0.3) is 10.4 Å². The van der Waals surface area contributed by atoms with E-state index < -0.39 is 12.1 Å². The molecule has 2 aliphatic heterocycles. The molecule has 2 heterocycles. The molecule has 7 heteroatoms. The number of nitrogens with zero attached hydrogens (tertiary/aromatic N) is 3. The molecule has 0 saturated carbocycles. The highest BCUT2D eigenvalue weighted by atomic mass is 16.8. The molecule has 2 saturated heterocycles. The molecule has 5 atom stereocenters. The molecule has 0 N–H and O–H groups in total. The van der Waals surface area contributed by atoms with Crippen LogP contribution >= 0.6 is 0 Å². The average molecular weight is 283 g/mol. The number of hydrogen-bond acceptors (Lipinski definition) is 5. The van der Waals surface area contributed by atoms with Gasteiger partial charge in [0.05, 0.1) is 25.4 Å². The van der Waals surface area contributed by atoms with Gasteiger partial charge in [0.1, 0.15) is 6.10 Å². The molecule has 0 bridgehead atoms. The normalized spacial score (nSPS) is 38.9. The van der Waals surface area contributed by atoms with Crippen molar-refractivity contribution in [3.63, 3.8) is 0 Å². The Morgan fingerprint density at radius 3 is 2.75 bits per heavy atom. The molecule has 5 unspecified atom stereocenters. The van der Waals surface area contributed by atoms with E-state index in [0.717, 1.165) is 0 Å². The molecule has 0 spiro atoms. The number of ether oxygens (including phenoxy) is 4. The van der Waals surface area contributed by atoms with Crippen molar-refractivity contribution in [1.29, 1.82) is 0 Å². The van der Waals surface area contributed by atoms with Gasteiger partial charge in [0.2, 0.25) is 0 Å². The fourth-order valence-electron chi connectivity index (χ4n) is 2.66. The fraction of sp³-hybridized carbons (Fsp3) is 0.846. The van der Waals surface area contributed by atoms with Gasteiger partial charge in [-0.25, -0.2) is 0 Å². The molecule has 0 aromatic carbocycles. The monoisotopic (exact) mass is 283 g/mol. The molecule has 0 radical (unpaired) electrons. The minimum atomic E-state index is -0.672. The van der Waals surface area contributed by atoms with Gasteiger partial charge in [-0.3, -0.25) is 0 Å². The summed E-state index contributed by atoms with van der Waals surface area (Å²) in [6, 6.07) is 0. The Kier molecular flexibility index (Phi) is 4.67. The Balaban J connectivity index is 2.15. The van der Waals surface area contributed by atoms with Crippen LogP contribution in [-0.4, -0.2) is 43.5 Å². The van der Waals surface area contributed by atoms with E-state index >= 15 is 0 Å². The van der Waals surface area contributed by atoms with E-state index in [1.807, 2.05) is 20.8 Å². The van der Waals surface area contributed by atoms with Crippen LogP contribution in [0.2, 0.25) is 0 Å². The first-order chi connectivity index (χ1) is 9.48. The van der Waals surface area contributed by atoms with E-state index in [1.165, 1.54) is 0 Å². The molecule has 0 aromatic rings. The van der Waals surface area contributed by atoms with Crippen LogP contribution < -0.4 is 0 Å². The van der Waals surface area contributed by atoms with Crippen LogP contribution in [-0.2, 0) is 18.9 Å². The van der Waals surface area contributed by atoms with Gasteiger partial charge >= 0.3 is 0 Å². The summed E-state index contributed by atoms with van der Waals surface area (Å²) in [5.41, 5.74) is 8.49. The fourth-order valence-corrected chi connectivity index (χ4v) is 2.66.